The molecule has 1 rings (SSSR count). The zero-order valence-corrected chi connectivity index (χ0v) is 14.4. The van der Waals surface area contributed by atoms with Crippen molar-refractivity contribution < 1.29 is 0 Å². The molecule has 0 saturated heterocycles. The summed E-state index contributed by atoms with van der Waals surface area (Å²) < 4.78 is 2.25. The highest BCUT2D eigenvalue weighted by atomic mass is 79.9. The molecule has 0 saturated carbocycles. The van der Waals surface area contributed by atoms with Crippen LogP contribution in [0.1, 0.15) is 77.0 Å². The van der Waals surface area contributed by atoms with Gasteiger partial charge in [0.1, 0.15) is 5.82 Å². The molecule has 1 aromatic rings. The summed E-state index contributed by atoms with van der Waals surface area (Å²) >= 11 is 0. The van der Waals surface area contributed by atoms with E-state index in [2.05, 4.69) is 29.6 Å². The van der Waals surface area contributed by atoms with E-state index in [4.69, 9.17) is 0 Å². The van der Waals surface area contributed by atoms with Crippen LogP contribution in [0.25, 0.3) is 0 Å². The minimum atomic E-state index is 0. The monoisotopic (exact) mass is 330 g/mol. The normalized spacial score (nSPS) is 10.4. The van der Waals surface area contributed by atoms with Crippen molar-refractivity contribution in [2.45, 2.75) is 84.6 Å². The molecule has 2 nitrogen and oxygen atoms in total. The second-order valence-corrected chi connectivity index (χ2v) is 5.35. The second kappa shape index (κ2) is 12.7. The van der Waals surface area contributed by atoms with Gasteiger partial charge in [-0.2, -0.15) is 0 Å². The number of unbranched alkanes of at least 4 members (excludes halogenated alkanes) is 9. The summed E-state index contributed by atoms with van der Waals surface area (Å²) in [4.78, 5) is 4.24. The average molecular weight is 331 g/mol. The van der Waals surface area contributed by atoms with Gasteiger partial charge in [0.2, 0.25) is 0 Å². The largest absolute Gasteiger partial charge is 0.335 e. The molecular formula is C16H31BrN2. The van der Waals surface area contributed by atoms with Gasteiger partial charge in [0.15, 0.2) is 0 Å². The van der Waals surface area contributed by atoms with Crippen LogP contribution >= 0.6 is 17.0 Å². The van der Waals surface area contributed by atoms with E-state index in [1.807, 2.05) is 6.20 Å². The third kappa shape index (κ3) is 9.26. The van der Waals surface area contributed by atoms with Gasteiger partial charge in [-0.05, 0) is 13.3 Å². The van der Waals surface area contributed by atoms with Crippen molar-refractivity contribution in [2.75, 3.05) is 0 Å². The van der Waals surface area contributed by atoms with Crippen LogP contribution in [0.3, 0.4) is 0 Å². The molecule has 0 radical (unpaired) electrons. The van der Waals surface area contributed by atoms with Crippen molar-refractivity contribution in [2.24, 2.45) is 0 Å². The third-order valence-electron chi connectivity index (χ3n) is 3.68. The summed E-state index contributed by atoms with van der Waals surface area (Å²) in [7, 11) is 0. The Morgan fingerprint density at radius 2 is 1.42 bits per heavy atom. The van der Waals surface area contributed by atoms with Gasteiger partial charge in [0, 0.05) is 18.9 Å². The van der Waals surface area contributed by atoms with Gasteiger partial charge in [0.25, 0.3) is 0 Å². The van der Waals surface area contributed by atoms with Crippen LogP contribution in [-0.2, 0) is 6.54 Å². The number of aromatic nitrogens is 2. The summed E-state index contributed by atoms with van der Waals surface area (Å²) in [6.07, 6.45) is 18.0. The lowest BCUT2D eigenvalue weighted by atomic mass is 10.1. The molecule has 0 fully saturated rings. The van der Waals surface area contributed by atoms with E-state index in [0.29, 0.717) is 0 Å². The standard InChI is InChI=1S/C16H30N2.BrH/c1-3-4-5-6-7-8-9-10-11-12-14-18-15-13-17-16(18)2;/h13,15H,3-12,14H2,1-2H3;1H. The van der Waals surface area contributed by atoms with Crippen molar-refractivity contribution in [1.82, 2.24) is 9.55 Å². The van der Waals surface area contributed by atoms with Crippen molar-refractivity contribution in [3.8, 4) is 0 Å². The highest BCUT2D eigenvalue weighted by molar-refractivity contribution is 8.93. The summed E-state index contributed by atoms with van der Waals surface area (Å²) in [6, 6.07) is 0. The lowest BCUT2D eigenvalue weighted by molar-refractivity contribution is 0.531. The maximum atomic E-state index is 4.24. The lowest BCUT2D eigenvalue weighted by Crippen LogP contribution is -1.98. The molecule has 1 heterocycles. The van der Waals surface area contributed by atoms with Gasteiger partial charge in [-0.3, -0.25) is 0 Å². The number of hydrogen-bond acceptors (Lipinski definition) is 1. The Bertz CT molecular complexity index is 297. The first kappa shape index (κ1) is 18.7. The predicted molar refractivity (Wildman–Crippen MR) is 89.1 cm³/mol. The third-order valence-corrected chi connectivity index (χ3v) is 3.68. The van der Waals surface area contributed by atoms with Crippen LogP contribution in [-0.4, -0.2) is 9.55 Å². The molecule has 0 N–H and O–H groups in total. The van der Waals surface area contributed by atoms with Gasteiger partial charge in [-0.25, -0.2) is 4.98 Å². The SMILES string of the molecule is Br.CCCCCCCCCCCCn1ccnc1C. The van der Waals surface area contributed by atoms with Crippen molar-refractivity contribution in [3.05, 3.63) is 18.2 Å². The highest BCUT2D eigenvalue weighted by Crippen LogP contribution is 2.11. The van der Waals surface area contributed by atoms with E-state index in [-0.39, 0.29) is 17.0 Å². The molecule has 0 aliphatic heterocycles. The number of hydrogen-bond donors (Lipinski definition) is 0. The maximum absolute atomic E-state index is 4.24. The molecule has 0 amide bonds. The van der Waals surface area contributed by atoms with Gasteiger partial charge in [0.05, 0.1) is 0 Å². The molecule has 19 heavy (non-hydrogen) atoms. The Labute approximate surface area is 129 Å². The molecule has 0 bridgehead atoms. The van der Waals surface area contributed by atoms with E-state index >= 15 is 0 Å². The summed E-state index contributed by atoms with van der Waals surface area (Å²) in [5, 5.41) is 0. The van der Waals surface area contributed by atoms with Crippen LogP contribution in [0.2, 0.25) is 0 Å². The summed E-state index contributed by atoms with van der Waals surface area (Å²) in [6.45, 7) is 5.50. The van der Waals surface area contributed by atoms with Crippen LogP contribution in [0, 0.1) is 6.92 Å². The Morgan fingerprint density at radius 1 is 0.895 bits per heavy atom. The Balaban J connectivity index is 0.00000324. The molecule has 0 aliphatic carbocycles. The number of aryl methyl sites for hydroxylation is 2. The minimum absolute atomic E-state index is 0. The average Bonchev–Trinajstić information content (AvgIpc) is 2.77. The summed E-state index contributed by atoms with van der Waals surface area (Å²) in [5.74, 6) is 1.14. The molecule has 0 aliphatic rings. The fourth-order valence-electron chi connectivity index (χ4n) is 2.41. The smallest absolute Gasteiger partial charge is 0.105 e. The van der Waals surface area contributed by atoms with Crippen LogP contribution in [0.4, 0.5) is 0 Å². The lowest BCUT2D eigenvalue weighted by Gasteiger charge is -2.05. The number of rotatable bonds is 11. The number of imidazole rings is 1. The number of nitrogens with zero attached hydrogens (tertiary/aromatic N) is 2. The molecule has 0 atom stereocenters. The van der Waals surface area contributed by atoms with Crippen molar-refractivity contribution in [1.29, 1.82) is 0 Å². The molecule has 0 unspecified atom stereocenters. The van der Waals surface area contributed by atoms with E-state index in [9.17, 15) is 0 Å². The topological polar surface area (TPSA) is 17.8 Å². The zero-order chi connectivity index (χ0) is 13.1. The molecule has 112 valence electrons. The highest BCUT2D eigenvalue weighted by Gasteiger charge is 1.96. The molecule has 0 aromatic carbocycles. The maximum Gasteiger partial charge on any atom is 0.105 e. The zero-order valence-electron chi connectivity index (χ0n) is 12.7. The van der Waals surface area contributed by atoms with E-state index < -0.39 is 0 Å². The van der Waals surface area contributed by atoms with Gasteiger partial charge >= 0.3 is 0 Å². The molecular weight excluding hydrogens is 300 g/mol. The van der Waals surface area contributed by atoms with Crippen LogP contribution in [0.5, 0.6) is 0 Å². The first-order chi connectivity index (χ1) is 8.84. The fourth-order valence-corrected chi connectivity index (χ4v) is 2.41. The Kier molecular flexibility index (Phi) is 12.5. The van der Waals surface area contributed by atoms with Gasteiger partial charge in [-0.1, -0.05) is 64.7 Å². The number of halogens is 1. The van der Waals surface area contributed by atoms with Gasteiger partial charge < -0.3 is 4.57 Å². The van der Waals surface area contributed by atoms with Crippen LogP contribution < -0.4 is 0 Å². The fraction of sp³-hybridized carbons (Fsp3) is 0.812. The quantitative estimate of drug-likeness (QED) is 0.476. The molecule has 3 heteroatoms. The molecule has 0 spiro atoms. The summed E-state index contributed by atoms with van der Waals surface area (Å²) in [5.41, 5.74) is 0. The van der Waals surface area contributed by atoms with E-state index in [0.717, 1.165) is 12.4 Å². The van der Waals surface area contributed by atoms with E-state index in [1.54, 1.807) is 0 Å². The Morgan fingerprint density at radius 3 is 1.89 bits per heavy atom. The molecule has 1 aromatic heterocycles. The van der Waals surface area contributed by atoms with E-state index in [1.165, 1.54) is 64.2 Å². The first-order valence-electron chi connectivity index (χ1n) is 7.82. The second-order valence-electron chi connectivity index (χ2n) is 5.35. The first-order valence-corrected chi connectivity index (χ1v) is 7.82. The Hall–Kier alpha value is -0.310. The van der Waals surface area contributed by atoms with Crippen molar-refractivity contribution in [3.63, 3.8) is 0 Å². The van der Waals surface area contributed by atoms with Crippen molar-refractivity contribution >= 4 is 17.0 Å². The predicted octanol–water partition coefficient (Wildman–Crippen LogP) is 5.69. The minimum Gasteiger partial charge on any atom is -0.335 e. The van der Waals surface area contributed by atoms with Gasteiger partial charge in [-0.15, -0.1) is 17.0 Å². The van der Waals surface area contributed by atoms with Crippen LogP contribution in [0.15, 0.2) is 12.4 Å².